The van der Waals surface area contributed by atoms with Gasteiger partial charge in [-0.25, -0.2) is 4.79 Å². The second kappa shape index (κ2) is 25.9. The first kappa shape index (κ1) is 45.1. The molecule has 0 aromatic heterocycles. The molecule has 0 heterocycles. The summed E-state index contributed by atoms with van der Waals surface area (Å²) in [6.07, 6.45) is 21.2. The van der Waals surface area contributed by atoms with Crippen molar-refractivity contribution in [1.29, 1.82) is 0 Å². The van der Waals surface area contributed by atoms with Gasteiger partial charge in [0.05, 0.1) is 27.7 Å². The average Bonchev–Trinajstić information content (AvgIpc) is 2.99. The van der Waals surface area contributed by atoms with Crippen molar-refractivity contribution in [3.8, 4) is 0 Å². The highest BCUT2D eigenvalue weighted by atomic mass is 31.2. The third kappa shape index (κ3) is 29.5. The molecule has 1 aromatic rings. The molecule has 1 aromatic carbocycles. The molecule has 2 amide bonds. The van der Waals surface area contributed by atoms with Gasteiger partial charge in [0.2, 0.25) is 5.91 Å². The molecule has 284 valence electrons. The van der Waals surface area contributed by atoms with Crippen LogP contribution in [0.15, 0.2) is 24.3 Å². The Kier molecular flexibility index (Phi) is 23.8. The number of rotatable bonds is 29. The molecule has 1 atom stereocenters. The number of nitrogens with zero attached hydrogens (tertiary/aromatic N) is 1. The SMILES string of the molecule is CC(C)(C)OC(=O)NCCCC(=O)Nc1ccc(CCCCCCCCCCCCCCCCCCOP(=O)([O-])OCC[N+](C)(C)C)cc1. The number of phosphoric acid groups is 1. The first-order valence-corrected chi connectivity index (χ1v) is 20.4. The smallest absolute Gasteiger partial charge is 0.407 e. The molecule has 0 aliphatic rings. The summed E-state index contributed by atoms with van der Waals surface area (Å²) in [5.41, 5.74) is 1.57. The second-order valence-corrected chi connectivity index (χ2v) is 16.7. The van der Waals surface area contributed by atoms with E-state index < -0.39 is 19.5 Å². The van der Waals surface area contributed by atoms with Gasteiger partial charge in [-0.2, -0.15) is 0 Å². The van der Waals surface area contributed by atoms with Crippen LogP contribution in [0.1, 0.15) is 142 Å². The summed E-state index contributed by atoms with van der Waals surface area (Å²) < 4.78 is 27.5. The Balaban J connectivity index is 1.89. The monoisotopic (exact) mass is 711 g/mol. The molecule has 49 heavy (non-hydrogen) atoms. The molecule has 1 unspecified atom stereocenters. The van der Waals surface area contributed by atoms with Crippen LogP contribution in [0, 0.1) is 0 Å². The van der Waals surface area contributed by atoms with Crippen LogP contribution in [0.3, 0.4) is 0 Å². The number of benzene rings is 1. The number of likely N-dealkylation sites (N-methyl/N-ethyl adjacent to an activating group) is 1. The zero-order valence-electron chi connectivity index (χ0n) is 31.8. The Morgan fingerprint density at radius 1 is 0.714 bits per heavy atom. The fourth-order valence-corrected chi connectivity index (χ4v) is 6.01. The van der Waals surface area contributed by atoms with E-state index in [9.17, 15) is 19.0 Å². The lowest BCUT2D eigenvalue weighted by Crippen LogP contribution is -2.37. The average molecular weight is 712 g/mol. The summed E-state index contributed by atoms with van der Waals surface area (Å²) in [6.45, 7) is 6.83. The van der Waals surface area contributed by atoms with Gasteiger partial charge in [0, 0.05) is 18.7 Å². The number of unbranched alkanes of at least 4 members (excludes halogenated alkanes) is 15. The number of quaternary nitrogens is 1. The summed E-state index contributed by atoms with van der Waals surface area (Å²) >= 11 is 0. The maximum Gasteiger partial charge on any atom is 0.407 e. The van der Waals surface area contributed by atoms with Gasteiger partial charge in [0.15, 0.2) is 0 Å². The van der Waals surface area contributed by atoms with E-state index in [1.54, 1.807) is 0 Å². The van der Waals surface area contributed by atoms with Crippen molar-refractivity contribution in [3.63, 3.8) is 0 Å². The van der Waals surface area contributed by atoms with Gasteiger partial charge in [-0.15, -0.1) is 0 Å². The molecule has 0 spiro atoms. The Bertz CT molecular complexity index is 1050. The van der Waals surface area contributed by atoms with Crippen molar-refractivity contribution in [1.82, 2.24) is 5.32 Å². The number of carbonyl (C=O) groups excluding carboxylic acids is 2. The summed E-state index contributed by atoms with van der Waals surface area (Å²) in [6, 6.07) is 8.13. The number of nitrogens with one attached hydrogen (secondary N) is 2. The maximum absolute atomic E-state index is 12.2. The molecule has 10 nitrogen and oxygen atoms in total. The number of hydrogen-bond donors (Lipinski definition) is 2. The molecule has 11 heteroatoms. The van der Waals surface area contributed by atoms with Crippen molar-refractivity contribution in [2.45, 2.75) is 148 Å². The number of ether oxygens (including phenoxy) is 1. The molecule has 0 aliphatic heterocycles. The Morgan fingerprint density at radius 2 is 1.18 bits per heavy atom. The third-order valence-electron chi connectivity index (χ3n) is 8.11. The van der Waals surface area contributed by atoms with Gasteiger partial charge in [-0.3, -0.25) is 9.36 Å². The normalized spacial score (nSPS) is 13.2. The number of hydrogen-bond acceptors (Lipinski definition) is 7. The van der Waals surface area contributed by atoms with Crippen molar-refractivity contribution in [3.05, 3.63) is 29.8 Å². The summed E-state index contributed by atoms with van der Waals surface area (Å²) in [5, 5.41) is 5.60. The number of amides is 2. The van der Waals surface area contributed by atoms with Crippen LogP contribution in [0.2, 0.25) is 0 Å². The predicted molar refractivity (Wildman–Crippen MR) is 199 cm³/mol. The Morgan fingerprint density at radius 3 is 1.67 bits per heavy atom. The van der Waals surface area contributed by atoms with Crippen LogP contribution in [0.25, 0.3) is 0 Å². The number of phosphoric ester groups is 1. The second-order valence-electron chi connectivity index (χ2n) is 15.3. The fourth-order valence-electron chi connectivity index (χ4n) is 5.28. The molecule has 0 saturated heterocycles. The Hall–Kier alpha value is -1.97. The van der Waals surface area contributed by atoms with E-state index in [2.05, 4.69) is 22.8 Å². The van der Waals surface area contributed by atoms with Crippen LogP contribution in [-0.2, 0) is 29.6 Å². The molecule has 0 radical (unpaired) electrons. The molecule has 0 bridgehead atoms. The molecular weight excluding hydrogens is 641 g/mol. The molecule has 1 rings (SSSR count). The standard InChI is InChI=1S/C38H70N3O7P/c1-38(2,3)48-37(43)39-30-23-25-36(42)40-35-28-26-34(27-29-35)24-21-19-17-15-13-11-9-7-8-10-12-14-16-18-20-22-32-46-49(44,45)47-33-31-41(4,5)6/h26-29H,7-25,30-33H2,1-6H3,(H2-,39,40,42,43,44,45). The van der Waals surface area contributed by atoms with Crippen LogP contribution in [-0.4, -0.2) is 69.5 Å². The number of carbonyl (C=O) groups is 2. The maximum atomic E-state index is 12.2. The molecule has 0 fully saturated rings. The van der Waals surface area contributed by atoms with Gasteiger partial charge in [0.25, 0.3) is 7.82 Å². The number of alkyl carbamates (subject to hydrolysis) is 1. The number of aryl methyl sites for hydroxylation is 1. The summed E-state index contributed by atoms with van der Waals surface area (Å²) in [5.74, 6) is -0.0586. The van der Waals surface area contributed by atoms with E-state index >= 15 is 0 Å². The molecule has 0 saturated carbocycles. The van der Waals surface area contributed by atoms with Crippen molar-refractivity contribution in [2.75, 3.05) is 52.8 Å². The molecule has 0 aliphatic carbocycles. The Labute approximate surface area is 298 Å². The van der Waals surface area contributed by atoms with E-state index in [1.807, 2.05) is 54.0 Å². The zero-order chi connectivity index (χ0) is 36.4. The van der Waals surface area contributed by atoms with Gasteiger partial charge in [-0.1, -0.05) is 102 Å². The fraction of sp³-hybridized carbons (Fsp3) is 0.789. The topological polar surface area (TPSA) is 126 Å². The molecule has 2 N–H and O–H groups in total. The van der Waals surface area contributed by atoms with E-state index in [4.69, 9.17) is 13.8 Å². The number of anilines is 1. The quantitative estimate of drug-likeness (QED) is 0.0483. The van der Waals surface area contributed by atoms with Gasteiger partial charge in [0.1, 0.15) is 18.8 Å². The minimum atomic E-state index is -4.17. The highest BCUT2D eigenvalue weighted by Crippen LogP contribution is 2.38. The lowest BCUT2D eigenvalue weighted by atomic mass is 10.0. The summed E-state index contributed by atoms with van der Waals surface area (Å²) in [7, 11) is 1.80. The molecular formula is C38H70N3O7P. The third-order valence-corrected chi connectivity index (χ3v) is 9.10. The summed E-state index contributed by atoms with van der Waals surface area (Å²) in [4.78, 5) is 35.6. The highest BCUT2D eigenvalue weighted by Gasteiger charge is 2.16. The first-order chi connectivity index (χ1) is 23.2. The van der Waals surface area contributed by atoms with Crippen LogP contribution in [0.5, 0.6) is 0 Å². The first-order valence-electron chi connectivity index (χ1n) is 18.9. The van der Waals surface area contributed by atoms with Crippen molar-refractivity contribution >= 4 is 25.5 Å². The minimum absolute atomic E-state index is 0.0586. The van der Waals surface area contributed by atoms with E-state index in [-0.39, 0.29) is 19.1 Å². The van der Waals surface area contributed by atoms with Crippen LogP contribution < -0.4 is 15.5 Å². The van der Waals surface area contributed by atoms with Gasteiger partial charge < -0.3 is 33.8 Å². The van der Waals surface area contributed by atoms with Crippen LogP contribution >= 0.6 is 7.82 Å². The predicted octanol–water partition coefficient (Wildman–Crippen LogP) is 8.92. The lowest BCUT2D eigenvalue weighted by Gasteiger charge is -2.27. The van der Waals surface area contributed by atoms with E-state index in [1.165, 1.54) is 89.0 Å². The van der Waals surface area contributed by atoms with E-state index in [0.29, 0.717) is 30.4 Å². The van der Waals surface area contributed by atoms with Gasteiger partial charge in [-0.05, 0) is 64.2 Å². The minimum Gasteiger partial charge on any atom is -0.756 e. The largest absolute Gasteiger partial charge is 0.756 e. The zero-order valence-corrected chi connectivity index (χ0v) is 32.7. The van der Waals surface area contributed by atoms with E-state index in [0.717, 1.165) is 31.4 Å². The van der Waals surface area contributed by atoms with Crippen LogP contribution in [0.4, 0.5) is 10.5 Å². The van der Waals surface area contributed by atoms with Crippen molar-refractivity contribution < 1.29 is 37.3 Å². The lowest BCUT2D eigenvalue weighted by molar-refractivity contribution is -0.870. The highest BCUT2D eigenvalue weighted by molar-refractivity contribution is 7.45. The van der Waals surface area contributed by atoms with Crippen molar-refractivity contribution in [2.24, 2.45) is 0 Å². The van der Waals surface area contributed by atoms with Gasteiger partial charge >= 0.3 is 6.09 Å².